The van der Waals surface area contributed by atoms with Crippen LogP contribution in [0.25, 0.3) is 0 Å². The highest BCUT2D eigenvalue weighted by Crippen LogP contribution is 2.13. The van der Waals surface area contributed by atoms with Gasteiger partial charge in [-0.3, -0.25) is 5.84 Å². The van der Waals surface area contributed by atoms with Gasteiger partial charge in [0, 0.05) is 13.6 Å². The number of nitrogens with two attached hydrogens (primary N) is 1. The smallest absolute Gasteiger partial charge is 0.119 e. The first-order valence-corrected chi connectivity index (χ1v) is 4.90. The molecule has 2 N–H and O–H groups in total. The lowest BCUT2D eigenvalue weighted by molar-refractivity contribution is 0.241. The number of likely N-dealkylation sites (N-methyl/N-ethyl adjacent to an activating group) is 1. The SMILES string of the molecule is CCc1cccc(OCCN(C)N)c1. The van der Waals surface area contributed by atoms with Crippen molar-refractivity contribution in [1.29, 1.82) is 0 Å². The van der Waals surface area contributed by atoms with Gasteiger partial charge in [0.25, 0.3) is 0 Å². The third-order valence-corrected chi connectivity index (χ3v) is 2.02. The minimum atomic E-state index is 0.625. The van der Waals surface area contributed by atoms with Gasteiger partial charge in [-0.25, -0.2) is 5.01 Å². The van der Waals surface area contributed by atoms with E-state index in [0.29, 0.717) is 6.61 Å². The maximum atomic E-state index is 5.54. The van der Waals surface area contributed by atoms with Crippen LogP contribution in [0.15, 0.2) is 24.3 Å². The number of ether oxygens (including phenoxy) is 1. The van der Waals surface area contributed by atoms with Crippen molar-refractivity contribution in [2.45, 2.75) is 13.3 Å². The van der Waals surface area contributed by atoms with Gasteiger partial charge < -0.3 is 4.74 Å². The number of aryl methyl sites for hydroxylation is 1. The molecule has 0 bridgehead atoms. The van der Waals surface area contributed by atoms with Gasteiger partial charge in [-0.1, -0.05) is 19.1 Å². The van der Waals surface area contributed by atoms with Crippen molar-refractivity contribution < 1.29 is 4.74 Å². The first-order valence-electron chi connectivity index (χ1n) is 4.90. The van der Waals surface area contributed by atoms with Crippen molar-refractivity contribution in [3.63, 3.8) is 0 Å². The maximum absolute atomic E-state index is 5.54. The molecule has 0 atom stereocenters. The van der Waals surface area contributed by atoms with Crippen LogP contribution < -0.4 is 10.6 Å². The van der Waals surface area contributed by atoms with Gasteiger partial charge in [0.1, 0.15) is 12.4 Å². The number of hydrazine groups is 1. The second-order valence-electron chi connectivity index (χ2n) is 3.33. The van der Waals surface area contributed by atoms with Crippen LogP contribution >= 0.6 is 0 Å². The lowest BCUT2D eigenvalue weighted by atomic mass is 10.2. The summed E-state index contributed by atoms with van der Waals surface area (Å²) < 4.78 is 5.54. The molecular weight excluding hydrogens is 176 g/mol. The summed E-state index contributed by atoms with van der Waals surface area (Å²) in [4.78, 5) is 0. The van der Waals surface area contributed by atoms with Gasteiger partial charge >= 0.3 is 0 Å². The molecule has 3 heteroatoms. The molecule has 0 radical (unpaired) electrons. The first kappa shape index (κ1) is 11.0. The molecule has 1 rings (SSSR count). The van der Waals surface area contributed by atoms with Crippen LogP contribution in [0.4, 0.5) is 0 Å². The average Bonchev–Trinajstić information content (AvgIpc) is 2.18. The standard InChI is InChI=1S/C11H18N2O/c1-3-10-5-4-6-11(9-10)14-8-7-13(2)12/h4-6,9H,3,7-8,12H2,1-2H3. The predicted octanol–water partition coefficient (Wildman–Crippen LogP) is 1.43. The van der Waals surface area contributed by atoms with E-state index < -0.39 is 0 Å². The Morgan fingerprint density at radius 2 is 2.21 bits per heavy atom. The molecule has 0 unspecified atom stereocenters. The van der Waals surface area contributed by atoms with Crippen LogP contribution in [0.3, 0.4) is 0 Å². The fraction of sp³-hybridized carbons (Fsp3) is 0.455. The molecule has 0 fully saturated rings. The minimum Gasteiger partial charge on any atom is -0.492 e. The van der Waals surface area contributed by atoms with E-state index in [2.05, 4.69) is 19.1 Å². The van der Waals surface area contributed by atoms with Crippen molar-refractivity contribution >= 4 is 0 Å². The second-order valence-corrected chi connectivity index (χ2v) is 3.33. The Bertz CT molecular complexity index is 274. The molecule has 0 saturated carbocycles. The summed E-state index contributed by atoms with van der Waals surface area (Å²) >= 11 is 0. The van der Waals surface area contributed by atoms with Gasteiger partial charge in [-0.05, 0) is 24.1 Å². The van der Waals surface area contributed by atoms with Crippen LogP contribution in [0.5, 0.6) is 5.75 Å². The molecule has 0 aliphatic rings. The summed E-state index contributed by atoms with van der Waals surface area (Å²) in [7, 11) is 1.83. The largest absolute Gasteiger partial charge is 0.492 e. The van der Waals surface area contributed by atoms with Crippen molar-refractivity contribution in [3.8, 4) is 5.75 Å². The molecule has 0 saturated heterocycles. The lowest BCUT2D eigenvalue weighted by Crippen LogP contribution is -2.30. The summed E-state index contributed by atoms with van der Waals surface area (Å²) in [6, 6.07) is 8.15. The average molecular weight is 194 g/mol. The second kappa shape index (κ2) is 5.62. The van der Waals surface area contributed by atoms with E-state index >= 15 is 0 Å². The Kier molecular flexibility index (Phi) is 4.43. The molecule has 0 aliphatic heterocycles. The number of hydrogen-bond donors (Lipinski definition) is 1. The van der Waals surface area contributed by atoms with Crippen molar-refractivity contribution in [2.75, 3.05) is 20.2 Å². The van der Waals surface area contributed by atoms with Crippen molar-refractivity contribution in [3.05, 3.63) is 29.8 Å². The molecular formula is C11H18N2O. The highest BCUT2D eigenvalue weighted by atomic mass is 16.5. The normalized spacial score (nSPS) is 10.6. The molecule has 0 aliphatic carbocycles. The number of benzene rings is 1. The fourth-order valence-corrected chi connectivity index (χ4v) is 1.16. The van der Waals surface area contributed by atoms with Crippen LogP contribution in [-0.2, 0) is 6.42 Å². The highest BCUT2D eigenvalue weighted by molar-refractivity contribution is 5.28. The highest BCUT2D eigenvalue weighted by Gasteiger charge is 1.96. The van der Waals surface area contributed by atoms with E-state index in [1.165, 1.54) is 5.56 Å². The molecule has 0 aromatic heterocycles. The molecule has 78 valence electrons. The van der Waals surface area contributed by atoms with Gasteiger partial charge in [-0.15, -0.1) is 0 Å². The lowest BCUT2D eigenvalue weighted by Gasteiger charge is -2.11. The van der Waals surface area contributed by atoms with E-state index in [1.807, 2.05) is 19.2 Å². The van der Waals surface area contributed by atoms with Gasteiger partial charge in [-0.2, -0.15) is 0 Å². The molecule has 1 aromatic rings. The van der Waals surface area contributed by atoms with Gasteiger partial charge in [0.15, 0.2) is 0 Å². The van der Waals surface area contributed by atoms with E-state index in [-0.39, 0.29) is 0 Å². The van der Waals surface area contributed by atoms with Gasteiger partial charge in [0.2, 0.25) is 0 Å². The maximum Gasteiger partial charge on any atom is 0.119 e. The Morgan fingerprint density at radius 3 is 2.86 bits per heavy atom. The number of rotatable bonds is 5. The summed E-state index contributed by atoms with van der Waals surface area (Å²) in [5.41, 5.74) is 1.30. The van der Waals surface area contributed by atoms with Crippen LogP contribution in [-0.4, -0.2) is 25.2 Å². The zero-order valence-electron chi connectivity index (χ0n) is 8.86. The van der Waals surface area contributed by atoms with E-state index in [0.717, 1.165) is 18.7 Å². The van der Waals surface area contributed by atoms with Gasteiger partial charge in [0.05, 0.1) is 0 Å². The predicted molar refractivity (Wildman–Crippen MR) is 58.1 cm³/mol. The third-order valence-electron chi connectivity index (χ3n) is 2.02. The fourth-order valence-electron chi connectivity index (χ4n) is 1.16. The molecule has 0 heterocycles. The number of nitrogens with zero attached hydrogens (tertiary/aromatic N) is 1. The van der Waals surface area contributed by atoms with Crippen LogP contribution in [0.2, 0.25) is 0 Å². The first-order chi connectivity index (χ1) is 6.72. The summed E-state index contributed by atoms with van der Waals surface area (Å²) in [5, 5.41) is 1.61. The molecule has 0 amide bonds. The Balaban J connectivity index is 2.42. The molecule has 1 aromatic carbocycles. The van der Waals surface area contributed by atoms with E-state index in [9.17, 15) is 0 Å². The van der Waals surface area contributed by atoms with E-state index in [4.69, 9.17) is 10.6 Å². The zero-order chi connectivity index (χ0) is 10.4. The Hall–Kier alpha value is -1.06. The topological polar surface area (TPSA) is 38.5 Å². The van der Waals surface area contributed by atoms with Crippen molar-refractivity contribution in [1.82, 2.24) is 5.01 Å². The summed E-state index contributed by atoms with van der Waals surface area (Å²) in [5.74, 6) is 6.39. The van der Waals surface area contributed by atoms with E-state index in [1.54, 1.807) is 5.01 Å². The molecule has 14 heavy (non-hydrogen) atoms. The zero-order valence-corrected chi connectivity index (χ0v) is 8.86. The Morgan fingerprint density at radius 1 is 1.43 bits per heavy atom. The summed E-state index contributed by atoms with van der Waals surface area (Å²) in [6.45, 7) is 3.49. The molecule has 3 nitrogen and oxygen atoms in total. The van der Waals surface area contributed by atoms with Crippen LogP contribution in [0, 0.1) is 0 Å². The Labute approximate surface area is 85.4 Å². The minimum absolute atomic E-state index is 0.625. The molecule has 0 spiro atoms. The van der Waals surface area contributed by atoms with Crippen molar-refractivity contribution in [2.24, 2.45) is 5.84 Å². The monoisotopic (exact) mass is 194 g/mol. The third kappa shape index (κ3) is 3.77. The quantitative estimate of drug-likeness (QED) is 0.569. The summed E-state index contributed by atoms with van der Waals surface area (Å²) in [6.07, 6.45) is 1.04. The number of hydrogen-bond acceptors (Lipinski definition) is 3. The van der Waals surface area contributed by atoms with Crippen LogP contribution in [0.1, 0.15) is 12.5 Å².